The molecule has 2 aromatic rings. The van der Waals surface area contributed by atoms with Gasteiger partial charge in [-0.3, -0.25) is 14.9 Å². The van der Waals surface area contributed by atoms with Crippen LogP contribution in [-0.4, -0.2) is 17.5 Å². The van der Waals surface area contributed by atoms with Crippen molar-refractivity contribution in [1.82, 2.24) is 0 Å². The van der Waals surface area contributed by atoms with Gasteiger partial charge >= 0.3 is 5.97 Å². The number of non-ortho nitro benzene ring substituents is 1. The van der Waals surface area contributed by atoms with Crippen LogP contribution in [-0.2, 0) is 4.79 Å². The number of carbonyl (C=O) groups excluding carboxylic acids is 1. The van der Waals surface area contributed by atoms with Crippen molar-refractivity contribution in [3.63, 3.8) is 0 Å². The number of hydrogen-bond acceptors (Lipinski definition) is 5. The number of nitro benzene ring substituents is 1. The molecular weight excluding hydrogens is 334 g/mol. The van der Waals surface area contributed by atoms with Gasteiger partial charge in [0.2, 0.25) is 0 Å². The minimum absolute atomic E-state index is 0.0330. The van der Waals surface area contributed by atoms with E-state index in [1.807, 2.05) is 26.8 Å². The Bertz CT molecular complexity index is 869. The summed E-state index contributed by atoms with van der Waals surface area (Å²) in [5.74, 6) is 0.867. The fourth-order valence-corrected chi connectivity index (χ4v) is 2.54. The van der Waals surface area contributed by atoms with Crippen molar-refractivity contribution in [1.29, 1.82) is 0 Å². The molecule has 136 valence electrons. The summed E-state index contributed by atoms with van der Waals surface area (Å²) in [5, 5.41) is 10.7. The molecule has 0 aliphatic rings. The first kappa shape index (κ1) is 19.2. The lowest BCUT2D eigenvalue weighted by Crippen LogP contribution is -2.07. The van der Waals surface area contributed by atoms with Crippen LogP contribution in [0.3, 0.4) is 0 Å². The first-order valence-corrected chi connectivity index (χ1v) is 8.05. The maximum Gasteiger partial charge on any atom is 0.308 e. The van der Waals surface area contributed by atoms with Crippen LogP contribution in [0, 0.1) is 30.9 Å². The zero-order valence-electron chi connectivity index (χ0n) is 15.3. The van der Waals surface area contributed by atoms with Gasteiger partial charge in [0.1, 0.15) is 18.1 Å². The van der Waals surface area contributed by atoms with Crippen molar-refractivity contribution in [3.8, 4) is 11.5 Å². The van der Waals surface area contributed by atoms with Crippen LogP contribution in [0.5, 0.6) is 11.5 Å². The second-order valence-electron chi connectivity index (χ2n) is 6.06. The third kappa shape index (κ3) is 4.27. The van der Waals surface area contributed by atoms with Gasteiger partial charge in [0, 0.05) is 19.1 Å². The molecule has 0 unspecified atom stereocenters. The molecule has 0 atom stereocenters. The summed E-state index contributed by atoms with van der Waals surface area (Å²) in [6.07, 6.45) is 0. The van der Waals surface area contributed by atoms with E-state index < -0.39 is 4.92 Å². The van der Waals surface area contributed by atoms with Gasteiger partial charge < -0.3 is 9.47 Å². The maximum atomic E-state index is 11.2. The largest absolute Gasteiger partial charge is 0.489 e. The predicted octanol–water partition coefficient (Wildman–Crippen LogP) is 4.54. The molecule has 0 radical (unpaired) electrons. The van der Waals surface area contributed by atoms with Crippen LogP contribution < -0.4 is 9.47 Å². The van der Waals surface area contributed by atoms with Crippen molar-refractivity contribution in [2.75, 3.05) is 6.61 Å². The third-order valence-electron chi connectivity index (χ3n) is 4.11. The molecule has 2 aromatic carbocycles. The van der Waals surface area contributed by atoms with Gasteiger partial charge in [0.05, 0.1) is 4.92 Å². The summed E-state index contributed by atoms with van der Waals surface area (Å²) >= 11 is 0. The van der Waals surface area contributed by atoms with Gasteiger partial charge in [0.15, 0.2) is 0 Å². The topological polar surface area (TPSA) is 78.7 Å². The Morgan fingerprint density at radius 2 is 1.77 bits per heavy atom. The highest BCUT2D eigenvalue weighted by molar-refractivity contribution is 5.71. The average molecular weight is 355 g/mol. The normalized spacial score (nSPS) is 10.3. The van der Waals surface area contributed by atoms with E-state index >= 15 is 0 Å². The van der Waals surface area contributed by atoms with Gasteiger partial charge in [-0.2, -0.15) is 0 Å². The zero-order valence-corrected chi connectivity index (χ0v) is 15.3. The van der Waals surface area contributed by atoms with Crippen LogP contribution >= 0.6 is 0 Å². The van der Waals surface area contributed by atoms with Crippen LogP contribution in [0.1, 0.15) is 29.2 Å². The zero-order chi connectivity index (χ0) is 19.4. The van der Waals surface area contributed by atoms with Gasteiger partial charge in [-0.25, -0.2) is 0 Å². The van der Waals surface area contributed by atoms with E-state index in [1.54, 1.807) is 12.1 Å². The predicted molar refractivity (Wildman–Crippen MR) is 99.6 cm³/mol. The standard InChI is InChI=1S/C20H21NO5/c1-12-10-19(14(3)15(4)20(12)26-16(5)22)25-11-13(2)17-6-8-18(9-7-17)21(23)24/h6-10H,2,11H2,1,3-5H3. The van der Waals surface area contributed by atoms with E-state index in [0.717, 1.165) is 22.3 Å². The SMILES string of the molecule is C=C(COc1cc(C)c(OC(C)=O)c(C)c1C)c1ccc([N+](=O)[O-])cc1. The summed E-state index contributed by atoms with van der Waals surface area (Å²) in [4.78, 5) is 21.5. The first-order chi connectivity index (χ1) is 12.2. The highest BCUT2D eigenvalue weighted by Gasteiger charge is 2.14. The minimum atomic E-state index is -0.442. The third-order valence-corrected chi connectivity index (χ3v) is 4.11. The van der Waals surface area contributed by atoms with E-state index in [0.29, 0.717) is 17.1 Å². The molecule has 0 saturated carbocycles. The lowest BCUT2D eigenvalue weighted by molar-refractivity contribution is -0.384. The number of hydrogen-bond donors (Lipinski definition) is 0. The molecule has 0 N–H and O–H groups in total. The molecule has 0 spiro atoms. The Balaban J connectivity index is 2.15. The molecule has 26 heavy (non-hydrogen) atoms. The number of rotatable bonds is 6. The van der Waals surface area contributed by atoms with E-state index in [2.05, 4.69) is 6.58 Å². The van der Waals surface area contributed by atoms with Crippen LogP contribution in [0.25, 0.3) is 5.57 Å². The molecule has 0 bridgehead atoms. The molecule has 6 heteroatoms. The summed E-state index contributed by atoms with van der Waals surface area (Å²) in [7, 11) is 0. The average Bonchev–Trinajstić information content (AvgIpc) is 2.60. The Kier molecular flexibility index (Phi) is 5.77. The van der Waals surface area contributed by atoms with Gasteiger partial charge in [-0.15, -0.1) is 0 Å². The number of ether oxygens (including phenoxy) is 2. The van der Waals surface area contributed by atoms with Gasteiger partial charge in [-0.1, -0.05) is 6.58 Å². The summed E-state index contributed by atoms with van der Waals surface area (Å²) in [6.45, 7) is 11.2. The van der Waals surface area contributed by atoms with Crippen molar-refractivity contribution >= 4 is 17.2 Å². The van der Waals surface area contributed by atoms with Crippen LogP contribution in [0.15, 0.2) is 36.9 Å². The maximum absolute atomic E-state index is 11.2. The fourth-order valence-electron chi connectivity index (χ4n) is 2.54. The molecule has 0 fully saturated rings. The Morgan fingerprint density at radius 3 is 2.31 bits per heavy atom. The van der Waals surface area contributed by atoms with E-state index in [9.17, 15) is 14.9 Å². The molecule has 6 nitrogen and oxygen atoms in total. The van der Waals surface area contributed by atoms with Gasteiger partial charge in [0.25, 0.3) is 5.69 Å². The number of carbonyl (C=O) groups is 1. The Hall–Kier alpha value is -3.15. The molecule has 0 amide bonds. The quantitative estimate of drug-likeness (QED) is 0.329. The number of esters is 1. The summed E-state index contributed by atoms with van der Waals surface area (Å²) in [6, 6.07) is 8.00. The summed E-state index contributed by atoms with van der Waals surface area (Å²) < 4.78 is 11.1. The molecule has 2 rings (SSSR count). The highest BCUT2D eigenvalue weighted by atomic mass is 16.6. The fraction of sp³-hybridized carbons (Fsp3) is 0.250. The van der Waals surface area contributed by atoms with Gasteiger partial charge in [-0.05, 0) is 66.8 Å². The molecule has 0 saturated heterocycles. The summed E-state index contributed by atoms with van der Waals surface area (Å²) in [5.41, 5.74) is 4.04. The molecule has 0 aromatic heterocycles. The van der Waals surface area contributed by atoms with E-state index in [4.69, 9.17) is 9.47 Å². The second-order valence-corrected chi connectivity index (χ2v) is 6.06. The Labute approximate surface area is 152 Å². The van der Waals surface area contributed by atoms with Crippen molar-refractivity contribution in [3.05, 3.63) is 69.3 Å². The number of aryl methyl sites for hydroxylation is 1. The first-order valence-electron chi connectivity index (χ1n) is 8.05. The van der Waals surface area contributed by atoms with E-state index in [1.165, 1.54) is 19.1 Å². The Morgan fingerprint density at radius 1 is 1.15 bits per heavy atom. The molecule has 0 aliphatic heterocycles. The van der Waals surface area contributed by atoms with Crippen LogP contribution in [0.4, 0.5) is 5.69 Å². The molecular formula is C20H21NO5. The van der Waals surface area contributed by atoms with Crippen molar-refractivity contribution in [2.24, 2.45) is 0 Å². The highest BCUT2D eigenvalue weighted by Crippen LogP contribution is 2.33. The number of nitro groups is 1. The molecule has 0 heterocycles. The van der Waals surface area contributed by atoms with E-state index in [-0.39, 0.29) is 18.3 Å². The van der Waals surface area contributed by atoms with Crippen LogP contribution in [0.2, 0.25) is 0 Å². The number of nitrogens with zero attached hydrogens (tertiary/aromatic N) is 1. The molecule has 0 aliphatic carbocycles. The number of benzene rings is 2. The lowest BCUT2D eigenvalue weighted by Gasteiger charge is -2.17. The monoisotopic (exact) mass is 355 g/mol. The lowest BCUT2D eigenvalue weighted by atomic mass is 10.0. The van der Waals surface area contributed by atoms with Crippen molar-refractivity contribution in [2.45, 2.75) is 27.7 Å². The second kappa shape index (κ2) is 7.82. The minimum Gasteiger partial charge on any atom is -0.489 e. The van der Waals surface area contributed by atoms with Crippen molar-refractivity contribution < 1.29 is 19.2 Å². The smallest absolute Gasteiger partial charge is 0.308 e.